The summed E-state index contributed by atoms with van der Waals surface area (Å²) < 4.78 is 2.43. The van der Waals surface area contributed by atoms with Gasteiger partial charge in [0.25, 0.3) is 0 Å². The molecule has 0 aliphatic carbocycles. The van der Waals surface area contributed by atoms with Gasteiger partial charge in [-0.25, -0.2) is 4.98 Å². The van der Waals surface area contributed by atoms with Gasteiger partial charge in [-0.05, 0) is 63.0 Å². The van der Waals surface area contributed by atoms with Crippen LogP contribution in [0.2, 0.25) is 0 Å². The molecule has 47 heavy (non-hydrogen) atoms. The zero-order chi connectivity index (χ0) is 30.6. The highest BCUT2D eigenvalue weighted by Gasteiger charge is 2.17. The van der Waals surface area contributed by atoms with Crippen molar-refractivity contribution in [1.82, 2.24) is 14.4 Å². The SMILES string of the molecule is c1ccc2c(c1)c1ccccc1c1nc(-c3ccc4ccc(-c5ccc6c(c5)c5cccc7c8ccccc8n6c75)cc4c3)cnc21. The molecule has 0 aliphatic heterocycles. The molecule has 3 aromatic heterocycles. The number of hydrogen-bond donors (Lipinski definition) is 0. The highest BCUT2D eigenvalue weighted by Crippen LogP contribution is 2.41. The molecule has 0 unspecified atom stereocenters. The zero-order valence-corrected chi connectivity index (χ0v) is 25.3. The number of nitrogens with zero attached hydrogens (tertiary/aromatic N) is 3. The molecule has 0 fully saturated rings. The van der Waals surface area contributed by atoms with E-state index in [0.717, 1.165) is 33.1 Å². The fraction of sp³-hybridized carbons (Fsp3) is 0. The van der Waals surface area contributed by atoms with Gasteiger partial charge in [0, 0.05) is 37.9 Å². The molecule has 3 heterocycles. The third-order valence-electron chi connectivity index (χ3n) is 10.1. The number of aromatic nitrogens is 3. The molecule has 8 aromatic carbocycles. The monoisotopic (exact) mass is 595 g/mol. The summed E-state index contributed by atoms with van der Waals surface area (Å²) in [6, 6.07) is 52.7. The highest BCUT2D eigenvalue weighted by atomic mass is 14.9. The van der Waals surface area contributed by atoms with Gasteiger partial charge in [0.2, 0.25) is 0 Å². The van der Waals surface area contributed by atoms with Crippen molar-refractivity contribution in [3.63, 3.8) is 0 Å². The minimum atomic E-state index is 0.880. The second kappa shape index (κ2) is 9.12. The second-order valence-corrected chi connectivity index (χ2v) is 12.6. The summed E-state index contributed by atoms with van der Waals surface area (Å²) in [6.07, 6.45) is 1.93. The topological polar surface area (TPSA) is 30.2 Å². The Morgan fingerprint density at radius 1 is 0.383 bits per heavy atom. The predicted octanol–water partition coefficient (Wildman–Crippen LogP) is 11.6. The lowest BCUT2D eigenvalue weighted by Crippen LogP contribution is -1.92. The smallest absolute Gasteiger partial charge is 0.0979 e. The molecule has 11 rings (SSSR count). The maximum atomic E-state index is 5.24. The van der Waals surface area contributed by atoms with Gasteiger partial charge in [-0.3, -0.25) is 4.98 Å². The van der Waals surface area contributed by atoms with E-state index in [1.54, 1.807) is 0 Å². The van der Waals surface area contributed by atoms with E-state index in [4.69, 9.17) is 9.97 Å². The predicted molar refractivity (Wildman–Crippen MR) is 198 cm³/mol. The van der Waals surface area contributed by atoms with E-state index in [1.807, 2.05) is 6.20 Å². The Morgan fingerprint density at radius 2 is 0.957 bits per heavy atom. The maximum Gasteiger partial charge on any atom is 0.0979 e. The fourth-order valence-electron chi connectivity index (χ4n) is 7.96. The Morgan fingerprint density at radius 3 is 1.77 bits per heavy atom. The number of benzene rings is 8. The molecular formula is C44H25N3. The largest absolute Gasteiger partial charge is 0.308 e. The lowest BCUT2D eigenvalue weighted by molar-refractivity contribution is 1.31. The van der Waals surface area contributed by atoms with E-state index >= 15 is 0 Å². The summed E-state index contributed by atoms with van der Waals surface area (Å²) in [5, 5.41) is 12.3. The van der Waals surface area contributed by atoms with Crippen molar-refractivity contribution in [2.75, 3.05) is 0 Å². The molecule has 0 saturated carbocycles. The fourth-order valence-corrected chi connectivity index (χ4v) is 7.96. The van der Waals surface area contributed by atoms with Gasteiger partial charge in [0.05, 0.1) is 39.5 Å². The number of fused-ring (bicyclic) bond motifs is 13. The molecule has 0 atom stereocenters. The Balaban J connectivity index is 1.07. The summed E-state index contributed by atoms with van der Waals surface area (Å²) in [5.74, 6) is 0. The van der Waals surface area contributed by atoms with Gasteiger partial charge < -0.3 is 4.40 Å². The summed E-state index contributed by atoms with van der Waals surface area (Å²) >= 11 is 0. The van der Waals surface area contributed by atoms with Crippen LogP contribution in [0.25, 0.3) is 104 Å². The normalized spacial score (nSPS) is 12.3. The maximum absolute atomic E-state index is 5.24. The van der Waals surface area contributed by atoms with E-state index in [0.29, 0.717) is 0 Å². The van der Waals surface area contributed by atoms with Gasteiger partial charge in [-0.1, -0.05) is 115 Å². The molecule has 0 aliphatic rings. The van der Waals surface area contributed by atoms with Crippen LogP contribution >= 0.6 is 0 Å². The number of para-hydroxylation sites is 2. The first-order valence-corrected chi connectivity index (χ1v) is 16.1. The summed E-state index contributed by atoms with van der Waals surface area (Å²) in [5.41, 5.74) is 10.1. The van der Waals surface area contributed by atoms with Crippen LogP contribution in [0.3, 0.4) is 0 Å². The molecular weight excluding hydrogens is 571 g/mol. The minimum absolute atomic E-state index is 0.880. The first-order valence-electron chi connectivity index (χ1n) is 16.1. The summed E-state index contributed by atoms with van der Waals surface area (Å²) in [4.78, 5) is 10.2. The lowest BCUT2D eigenvalue weighted by atomic mass is 9.97. The minimum Gasteiger partial charge on any atom is -0.308 e. The van der Waals surface area contributed by atoms with Crippen molar-refractivity contribution >= 4 is 81.4 Å². The Hall–Kier alpha value is -6.32. The third kappa shape index (κ3) is 3.40. The Labute approximate surface area is 269 Å². The lowest BCUT2D eigenvalue weighted by Gasteiger charge is -2.11. The molecule has 216 valence electrons. The van der Waals surface area contributed by atoms with Crippen molar-refractivity contribution in [2.24, 2.45) is 0 Å². The summed E-state index contributed by atoms with van der Waals surface area (Å²) in [7, 11) is 0. The molecule has 0 spiro atoms. The number of hydrogen-bond acceptors (Lipinski definition) is 2. The van der Waals surface area contributed by atoms with E-state index in [1.165, 1.54) is 70.8 Å². The van der Waals surface area contributed by atoms with Crippen LogP contribution in [0.4, 0.5) is 0 Å². The molecule has 0 bridgehead atoms. The second-order valence-electron chi connectivity index (χ2n) is 12.6. The quantitative estimate of drug-likeness (QED) is 0.186. The van der Waals surface area contributed by atoms with Crippen molar-refractivity contribution in [3.8, 4) is 22.4 Å². The van der Waals surface area contributed by atoms with Crippen LogP contribution in [0.5, 0.6) is 0 Å². The molecule has 0 saturated heterocycles. The average molecular weight is 596 g/mol. The van der Waals surface area contributed by atoms with Crippen LogP contribution in [0, 0.1) is 0 Å². The molecule has 0 amide bonds. The molecule has 3 nitrogen and oxygen atoms in total. The number of rotatable bonds is 2. The Kier molecular flexibility index (Phi) is 4.84. The van der Waals surface area contributed by atoms with E-state index < -0.39 is 0 Å². The summed E-state index contributed by atoms with van der Waals surface area (Å²) in [6.45, 7) is 0. The molecule has 0 radical (unpaired) electrons. The zero-order valence-electron chi connectivity index (χ0n) is 25.3. The van der Waals surface area contributed by atoms with Crippen LogP contribution < -0.4 is 0 Å². The van der Waals surface area contributed by atoms with Crippen LogP contribution in [0.15, 0.2) is 152 Å². The van der Waals surface area contributed by atoms with Crippen molar-refractivity contribution in [1.29, 1.82) is 0 Å². The van der Waals surface area contributed by atoms with Crippen LogP contribution in [0.1, 0.15) is 0 Å². The molecule has 3 heteroatoms. The van der Waals surface area contributed by atoms with Crippen molar-refractivity contribution < 1.29 is 0 Å². The molecule has 11 aromatic rings. The molecule has 0 N–H and O–H groups in total. The third-order valence-corrected chi connectivity index (χ3v) is 10.1. The Bertz CT molecular complexity index is 3040. The van der Waals surface area contributed by atoms with Gasteiger partial charge >= 0.3 is 0 Å². The van der Waals surface area contributed by atoms with Crippen molar-refractivity contribution in [3.05, 3.63) is 152 Å². The first kappa shape index (κ1) is 24.9. The van der Waals surface area contributed by atoms with Gasteiger partial charge in [-0.15, -0.1) is 0 Å². The first-order chi connectivity index (χ1) is 23.3. The average Bonchev–Trinajstić information content (AvgIpc) is 3.66. The standard InChI is InChI=1S/C44H25N3/c1-3-11-34-31(8-1)32-9-2-4-12-35(32)43-42(34)45-25-39(46-43)29-19-17-26-16-18-27(22-30(26)23-29)28-20-21-41-38(24-28)37-14-7-13-36-33-10-5-6-15-40(33)47(41)44(36)37/h1-25H. The van der Waals surface area contributed by atoms with E-state index in [-0.39, 0.29) is 0 Å². The van der Waals surface area contributed by atoms with Gasteiger partial charge in [0.1, 0.15) is 0 Å². The van der Waals surface area contributed by atoms with E-state index in [2.05, 4.69) is 150 Å². The van der Waals surface area contributed by atoms with Crippen LogP contribution in [-0.4, -0.2) is 14.4 Å². The van der Waals surface area contributed by atoms with Crippen LogP contribution in [-0.2, 0) is 0 Å². The highest BCUT2D eigenvalue weighted by molar-refractivity contribution is 6.24. The van der Waals surface area contributed by atoms with Crippen molar-refractivity contribution in [2.45, 2.75) is 0 Å². The van der Waals surface area contributed by atoms with E-state index in [9.17, 15) is 0 Å². The van der Waals surface area contributed by atoms with Gasteiger partial charge in [0.15, 0.2) is 0 Å². The van der Waals surface area contributed by atoms with Gasteiger partial charge in [-0.2, -0.15) is 0 Å².